The van der Waals surface area contributed by atoms with Crippen LogP contribution in [0.5, 0.6) is 5.75 Å². The molecule has 1 aromatic rings. The third kappa shape index (κ3) is 6.06. The Kier molecular flexibility index (Phi) is 7.44. The molecule has 0 heterocycles. The molecule has 1 aliphatic rings. The number of ether oxygens (including phenoxy) is 2. The minimum atomic E-state index is -1.08. The highest BCUT2D eigenvalue weighted by Gasteiger charge is 2.23. The Hall–Kier alpha value is -2.57. The van der Waals surface area contributed by atoms with Crippen molar-refractivity contribution >= 4 is 17.9 Å². The maximum Gasteiger partial charge on any atom is 0.338 e. The van der Waals surface area contributed by atoms with Crippen molar-refractivity contribution in [3.63, 3.8) is 0 Å². The zero-order valence-corrected chi connectivity index (χ0v) is 15.2. The second-order valence-corrected chi connectivity index (χ2v) is 6.36. The van der Waals surface area contributed by atoms with Gasteiger partial charge in [0.25, 0.3) is 5.91 Å². The van der Waals surface area contributed by atoms with Crippen LogP contribution in [-0.2, 0) is 9.53 Å². The van der Waals surface area contributed by atoms with Gasteiger partial charge in [0.15, 0.2) is 6.10 Å². The molecule has 7 heteroatoms. The number of carbonyl (C=O) groups is 3. The molecular weight excluding hydrogens is 336 g/mol. The summed E-state index contributed by atoms with van der Waals surface area (Å²) in [6.45, 7) is 4.03. The monoisotopic (exact) mass is 362 g/mol. The number of hydrogen-bond donors (Lipinski definition) is 2. The average Bonchev–Trinajstić information content (AvgIpc) is 3.12. The van der Waals surface area contributed by atoms with Crippen LogP contribution in [-0.4, -0.2) is 36.7 Å². The number of esters is 1. The van der Waals surface area contributed by atoms with Gasteiger partial charge in [0, 0.05) is 6.04 Å². The van der Waals surface area contributed by atoms with E-state index in [2.05, 4.69) is 10.6 Å². The van der Waals surface area contributed by atoms with E-state index in [9.17, 15) is 14.4 Å². The summed E-state index contributed by atoms with van der Waals surface area (Å²) in [6.07, 6.45) is 3.82. The van der Waals surface area contributed by atoms with Crippen LogP contribution < -0.4 is 15.4 Å². The molecule has 7 nitrogen and oxygen atoms in total. The van der Waals surface area contributed by atoms with Crippen molar-refractivity contribution in [3.8, 4) is 5.75 Å². The zero-order chi connectivity index (χ0) is 18.9. The minimum Gasteiger partial charge on any atom is -0.494 e. The summed E-state index contributed by atoms with van der Waals surface area (Å²) >= 11 is 0. The first-order valence-corrected chi connectivity index (χ1v) is 9.04. The lowest BCUT2D eigenvalue weighted by Crippen LogP contribution is -2.47. The number of benzene rings is 1. The molecule has 0 bridgehead atoms. The predicted molar refractivity (Wildman–Crippen MR) is 96.0 cm³/mol. The van der Waals surface area contributed by atoms with E-state index in [4.69, 9.17) is 9.47 Å². The SMILES string of the molecule is CCCOc1ccc(C(=O)O[C@H](C)C(=O)NC(=O)NC2CCCC2)cc1. The fourth-order valence-electron chi connectivity index (χ4n) is 2.69. The standard InChI is InChI=1S/C19H26N2O5/c1-3-12-25-16-10-8-14(9-11-16)18(23)26-13(2)17(22)21-19(24)20-15-6-4-5-7-15/h8-11,13,15H,3-7,12H2,1-2H3,(H2,20,21,22,24)/t13-/m1/s1. The van der Waals surface area contributed by atoms with E-state index in [0.717, 1.165) is 32.1 Å². The molecule has 1 atom stereocenters. The van der Waals surface area contributed by atoms with Gasteiger partial charge in [0.05, 0.1) is 12.2 Å². The van der Waals surface area contributed by atoms with Crippen LogP contribution in [0.2, 0.25) is 0 Å². The summed E-state index contributed by atoms with van der Waals surface area (Å²) < 4.78 is 10.6. The fourth-order valence-corrected chi connectivity index (χ4v) is 2.69. The van der Waals surface area contributed by atoms with Crippen molar-refractivity contribution < 1.29 is 23.9 Å². The zero-order valence-electron chi connectivity index (χ0n) is 15.2. The number of carbonyl (C=O) groups excluding carboxylic acids is 3. The molecule has 26 heavy (non-hydrogen) atoms. The summed E-state index contributed by atoms with van der Waals surface area (Å²) in [5.74, 6) is -0.625. The molecule has 1 aromatic carbocycles. The van der Waals surface area contributed by atoms with Gasteiger partial charge < -0.3 is 14.8 Å². The Morgan fingerprint density at radius 1 is 1.15 bits per heavy atom. The van der Waals surface area contributed by atoms with E-state index in [1.165, 1.54) is 6.92 Å². The van der Waals surface area contributed by atoms with Gasteiger partial charge in [-0.1, -0.05) is 19.8 Å². The first-order valence-electron chi connectivity index (χ1n) is 9.04. The normalized spacial score (nSPS) is 15.2. The van der Waals surface area contributed by atoms with Crippen LogP contribution >= 0.6 is 0 Å². The van der Waals surface area contributed by atoms with Crippen molar-refractivity contribution in [2.75, 3.05) is 6.61 Å². The molecule has 0 spiro atoms. The Morgan fingerprint density at radius 2 is 1.81 bits per heavy atom. The molecule has 1 saturated carbocycles. The van der Waals surface area contributed by atoms with Crippen molar-refractivity contribution in [1.29, 1.82) is 0 Å². The largest absolute Gasteiger partial charge is 0.494 e. The molecule has 0 saturated heterocycles. The van der Waals surface area contributed by atoms with Gasteiger partial charge in [0.2, 0.25) is 0 Å². The molecule has 0 aromatic heterocycles. The lowest BCUT2D eigenvalue weighted by Gasteiger charge is -2.15. The summed E-state index contributed by atoms with van der Waals surface area (Å²) in [5, 5.41) is 4.96. The van der Waals surface area contributed by atoms with Crippen LogP contribution in [0.3, 0.4) is 0 Å². The maximum atomic E-state index is 12.1. The highest BCUT2D eigenvalue weighted by atomic mass is 16.5. The topological polar surface area (TPSA) is 93.7 Å². The van der Waals surface area contributed by atoms with Crippen molar-refractivity contribution in [2.24, 2.45) is 0 Å². The third-order valence-corrected chi connectivity index (χ3v) is 4.14. The van der Waals surface area contributed by atoms with Crippen molar-refractivity contribution in [1.82, 2.24) is 10.6 Å². The van der Waals surface area contributed by atoms with E-state index in [1.54, 1.807) is 24.3 Å². The van der Waals surface area contributed by atoms with Crippen LogP contribution in [0.15, 0.2) is 24.3 Å². The van der Waals surface area contributed by atoms with Gasteiger partial charge in [-0.2, -0.15) is 0 Å². The molecule has 0 radical (unpaired) electrons. The van der Waals surface area contributed by atoms with Gasteiger partial charge >= 0.3 is 12.0 Å². The molecule has 2 N–H and O–H groups in total. The van der Waals surface area contributed by atoms with Gasteiger partial charge in [-0.3, -0.25) is 10.1 Å². The number of amides is 3. The molecular formula is C19H26N2O5. The first-order chi connectivity index (χ1) is 12.5. The number of imide groups is 1. The molecule has 0 unspecified atom stereocenters. The highest BCUT2D eigenvalue weighted by Crippen LogP contribution is 2.17. The number of hydrogen-bond acceptors (Lipinski definition) is 5. The maximum absolute atomic E-state index is 12.1. The van der Waals surface area contributed by atoms with Crippen LogP contribution in [0.1, 0.15) is 56.3 Å². The van der Waals surface area contributed by atoms with Gasteiger partial charge in [0.1, 0.15) is 5.75 Å². The minimum absolute atomic E-state index is 0.106. The summed E-state index contributed by atoms with van der Waals surface area (Å²) in [7, 11) is 0. The average molecular weight is 362 g/mol. The summed E-state index contributed by atoms with van der Waals surface area (Å²) in [4.78, 5) is 35.9. The predicted octanol–water partition coefficient (Wildman–Crippen LogP) is 2.79. The fraction of sp³-hybridized carbons (Fsp3) is 0.526. The first kappa shape index (κ1) is 19.8. The second kappa shape index (κ2) is 9.79. The van der Waals surface area contributed by atoms with E-state index in [1.807, 2.05) is 6.92 Å². The van der Waals surface area contributed by atoms with Crippen LogP contribution in [0.4, 0.5) is 4.79 Å². The smallest absolute Gasteiger partial charge is 0.338 e. The van der Waals surface area contributed by atoms with E-state index in [0.29, 0.717) is 17.9 Å². The Labute approximate surface area is 153 Å². The Balaban J connectivity index is 1.79. The number of urea groups is 1. The van der Waals surface area contributed by atoms with Crippen LogP contribution in [0.25, 0.3) is 0 Å². The third-order valence-electron chi connectivity index (χ3n) is 4.14. The highest BCUT2D eigenvalue weighted by molar-refractivity contribution is 5.98. The van der Waals surface area contributed by atoms with E-state index >= 15 is 0 Å². The van der Waals surface area contributed by atoms with Crippen molar-refractivity contribution in [3.05, 3.63) is 29.8 Å². The number of nitrogens with one attached hydrogen (secondary N) is 2. The van der Waals surface area contributed by atoms with Gasteiger partial charge in [-0.05, 0) is 50.5 Å². The Morgan fingerprint density at radius 3 is 2.42 bits per heavy atom. The van der Waals surface area contributed by atoms with E-state index < -0.39 is 24.0 Å². The summed E-state index contributed by atoms with van der Waals surface area (Å²) in [6, 6.07) is 6.05. The second-order valence-electron chi connectivity index (χ2n) is 6.36. The molecule has 1 fully saturated rings. The molecule has 3 amide bonds. The Bertz CT molecular complexity index is 623. The lowest BCUT2D eigenvalue weighted by molar-refractivity contribution is -0.127. The van der Waals surface area contributed by atoms with E-state index in [-0.39, 0.29) is 6.04 Å². The van der Waals surface area contributed by atoms with Crippen molar-refractivity contribution in [2.45, 2.75) is 58.1 Å². The van der Waals surface area contributed by atoms with Gasteiger partial charge in [-0.15, -0.1) is 0 Å². The molecule has 0 aliphatic heterocycles. The lowest BCUT2D eigenvalue weighted by atomic mass is 10.2. The quantitative estimate of drug-likeness (QED) is 0.728. The van der Waals surface area contributed by atoms with Gasteiger partial charge in [-0.25, -0.2) is 9.59 Å². The molecule has 2 rings (SSSR count). The number of rotatable bonds is 7. The molecule has 1 aliphatic carbocycles. The van der Waals surface area contributed by atoms with Crippen LogP contribution in [0, 0.1) is 0 Å². The summed E-state index contributed by atoms with van der Waals surface area (Å²) in [5.41, 5.74) is 0.309. The molecule has 142 valence electrons.